The number of aromatic nitrogens is 1. The number of carbonyl (C=O) groups is 1. The van der Waals surface area contributed by atoms with Crippen LogP contribution in [-0.2, 0) is 6.42 Å². The molecule has 1 aromatic carbocycles. The van der Waals surface area contributed by atoms with Crippen LogP contribution in [0.2, 0.25) is 0 Å². The van der Waals surface area contributed by atoms with E-state index in [2.05, 4.69) is 22.5 Å². The van der Waals surface area contributed by atoms with Gasteiger partial charge < -0.3 is 15.1 Å². The van der Waals surface area contributed by atoms with Crippen LogP contribution in [0.4, 0.5) is 5.69 Å². The quantitative estimate of drug-likeness (QED) is 0.911. The van der Waals surface area contributed by atoms with Gasteiger partial charge in [-0.05, 0) is 43.5 Å². The summed E-state index contributed by atoms with van der Waals surface area (Å²) in [6.07, 6.45) is 4.54. The van der Waals surface area contributed by atoms with Crippen molar-refractivity contribution in [1.29, 1.82) is 0 Å². The van der Waals surface area contributed by atoms with Crippen molar-refractivity contribution in [3.05, 3.63) is 47.7 Å². The normalized spacial score (nSPS) is 18.1. The molecule has 1 atom stereocenters. The maximum Gasteiger partial charge on any atom is 0.277 e. The maximum atomic E-state index is 12.3. The summed E-state index contributed by atoms with van der Waals surface area (Å²) in [4.78, 5) is 16.6. The topological polar surface area (TPSA) is 67.2 Å². The second-order valence-electron chi connectivity index (χ2n) is 5.62. The Kier molecular flexibility index (Phi) is 4.53. The van der Waals surface area contributed by atoms with E-state index in [4.69, 9.17) is 4.42 Å². The van der Waals surface area contributed by atoms with Gasteiger partial charge >= 0.3 is 0 Å². The van der Waals surface area contributed by atoms with Gasteiger partial charge in [0, 0.05) is 18.2 Å². The Morgan fingerprint density at radius 2 is 2.41 bits per heavy atom. The molecule has 22 heavy (non-hydrogen) atoms. The second-order valence-corrected chi connectivity index (χ2v) is 5.62. The first-order valence-corrected chi connectivity index (χ1v) is 7.82. The molecule has 0 aliphatic carbocycles. The third kappa shape index (κ3) is 3.36. The summed E-state index contributed by atoms with van der Waals surface area (Å²) in [7, 11) is 0. The van der Waals surface area contributed by atoms with E-state index in [-0.39, 0.29) is 11.8 Å². The van der Waals surface area contributed by atoms with Crippen LogP contribution in [-0.4, -0.2) is 24.0 Å². The van der Waals surface area contributed by atoms with Crippen LogP contribution >= 0.6 is 0 Å². The van der Waals surface area contributed by atoms with Crippen molar-refractivity contribution in [2.75, 3.05) is 18.4 Å². The zero-order valence-electron chi connectivity index (χ0n) is 12.8. The third-order valence-electron chi connectivity index (χ3n) is 3.99. The van der Waals surface area contributed by atoms with Gasteiger partial charge in [0.05, 0.1) is 0 Å². The predicted molar refractivity (Wildman–Crippen MR) is 85.1 cm³/mol. The number of hydrogen-bond acceptors (Lipinski definition) is 4. The highest BCUT2D eigenvalue weighted by Crippen LogP contribution is 2.22. The van der Waals surface area contributed by atoms with Crippen LogP contribution in [0, 0.1) is 0 Å². The molecule has 0 bridgehead atoms. The highest BCUT2D eigenvalue weighted by Gasteiger charge is 2.22. The van der Waals surface area contributed by atoms with Gasteiger partial charge in [-0.3, -0.25) is 4.79 Å². The van der Waals surface area contributed by atoms with Gasteiger partial charge in [0.1, 0.15) is 6.26 Å². The minimum absolute atomic E-state index is 0.230. The molecule has 2 aromatic rings. The lowest BCUT2D eigenvalue weighted by molar-refractivity contribution is 0.102. The number of nitrogens with one attached hydrogen (secondary N) is 2. The first-order valence-electron chi connectivity index (χ1n) is 7.82. The molecule has 2 N–H and O–H groups in total. The molecule has 1 fully saturated rings. The number of anilines is 1. The van der Waals surface area contributed by atoms with E-state index in [0.717, 1.165) is 38.0 Å². The number of nitrogens with zero attached hydrogens (tertiary/aromatic N) is 1. The molecule has 0 saturated carbocycles. The molecule has 1 saturated heterocycles. The molecule has 116 valence electrons. The van der Waals surface area contributed by atoms with Gasteiger partial charge in [-0.25, -0.2) is 4.98 Å². The van der Waals surface area contributed by atoms with Crippen LogP contribution in [0.3, 0.4) is 0 Å². The molecule has 0 spiro atoms. The van der Waals surface area contributed by atoms with Crippen LogP contribution in [0.25, 0.3) is 0 Å². The molecule has 1 aliphatic rings. The first kappa shape index (κ1) is 14.8. The van der Waals surface area contributed by atoms with E-state index in [1.54, 1.807) is 0 Å². The Morgan fingerprint density at radius 3 is 3.18 bits per heavy atom. The van der Waals surface area contributed by atoms with E-state index in [1.165, 1.54) is 11.8 Å². The Labute approximate surface area is 130 Å². The molecule has 1 aliphatic heterocycles. The average Bonchev–Trinajstić information content (AvgIpc) is 3.06. The average molecular weight is 299 g/mol. The smallest absolute Gasteiger partial charge is 0.277 e. The fourth-order valence-electron chi connectivity index (χ4n) is 2.71. The SMILES string of the molecule is CCc1cccc(NC(=O)c2coc(C3CCCNC3)n2)c1. The van der Waals surface area contributed by atoms with Crippen molar-refractivity contribution in [1.82, 2.24) is 10.3 Å². The van der Waals surface area contributed by atoms with Gasteiger partial charge in [-0.1, -0.05) is 19.1 Å². The van der Waals surface area contributed by atoms with E-state index >= 15 is 0 Å². The summed E-state index contributed by atoms with van der Waals surface area (Å²) in [6.45, 7) is 3.99. The van der Waals surface area contributed by atoms with E-state index in [0.29, 0.717) is 11.6 Å². The van der Waals surface area contributed by atoms with Crippen LogP contribution in [0.15, 0.2) is 34.9 Å². The number of hydrogen-bond donors (Lipinski definition) is 2. The Balaban J connectivity index is 1.68. The number of carbonyl (C=O) groups excluding carboxylic acids is 1. The highest BCUT2D eigenvalue weighted by atomic mass is 16.3. The van der Waals surface area contributed by atoms with Gasteiger partial charge in [-0.15, -0.1) is 0 Å². The number of rotatable bonds is 4. The number of benzene rings is 1. The van der Waals surface area contributed by atoms with Gasteiger partial charge in [0.25, 0.3) is 5.91 Å². The molecule has 0 radical (unpaired) electrons. The lowest BCUT2D eigenvalue weighted by atomic mass is 10.00. The molecule has 3 rings (SSSR count). The Bertz CT molecular complexity index is 645. The zero-order chi connectivity index (χ0) is 15.4. The zero-order valence-corrected chi connectivity index (χ0v) is 12.8. The summed E-state index contributed by atoms with van der Waals surface area (Å²) in [6, 6.07) is 7.84. The molecule has 2 heterocycles. The van der Waals surface area contributed by atoms with Crippen LogP contribution in [0.1, 0.15) is 47.6 Å². The van der Waals surface area contributed by atoms with E-state index < -0.39 is 0 Å². The van der Waals surface area contributed by atoms with E-state index in [9.17, 15) is 4.79 Å². The van der Waals surface area contributed by atoms with Crippen molar-refractivity contribution in [2.45, 2.75) is 32.1 Å². The minimum atomic E-state index is -0.230. The number of piperidine rings is 1. The van der Waals surface area contributed by atoms with Crippen LogP contribution in [0.5, 0.6) is 0 Å². The third-order valence-corrected chi connectivity index (χ3v) is 3.99. The monoisotopic (exact) mass is 299 g/mol. The summed E-state index contributed by atoms with van der Waals surface area (Å²) in [5.41, 5.74) is 2.31. The highest BCUT2D eigenvalue weighted by molar-refractivity contribution is 6.02. The summed E-state index contributed by atoms with van der Waals surface area (Å²) in [5.74, 6) is 0.686. The molecular formula is C17H21N3O2. The molecule has 5 nitrogen and oxygen atoms in total. The van der Waals surface area contributed by atoms with Crippen molar-refractivity contribution < 1.29 is 9.21 Å². The molecule has 5 heteroatoms. The van der Waals surface area contributed by atoms with Gasteiger partial charge in [0.15, 0.2) is 11.6 Å². The summed E-state index contributed by atoms with van der Waals surface area (Å²) < 4.78 is 5.50. The number of oxazole rings is 1. The Morgan fingerprint density at radius 1 is 1.50 bits per heavy atom. The van der Waals surface area contributed by atoms with Crippen molar-refractivity contribution in [3.63, 3.8) is 0 Å². The second kappa shape index (κ2) is 6.75. The fourth-order valence-corrected chi connectivity index (χ4v) is 2.71. The Hall–Kier alpha value is -2.14. The lowest BCUT2D eigenvalue weighted by Gasteiger charge is -2.19. The predicted octanol–water partition coefficient (Wildman–Crippen LogP) is 2.96. The lowest BCUT2D eigenvalue weighted by Crippen LogP contribution is -2.28. The van der Waals surface area contributed by atoms with E-state index in [1.807, 2.05) is 24.3 Å². The molecule has 1 aromatic heterocycles. The summed E-state index contributed by atoms with van der Waals surface area (Å²) >= 11 is 0. The van der Waals surface area contributed by atoms with Crippen molar-refractivity contribution >= 4 is 11.6 Å². The maximum absolute atomic E-state index is 12.3. The fraction of sp³-hybridized carbons (Fsp3) is 0.412. The standard InChI is InChI=1S/C17H21N3O2/c1-2-12-5-3-7-14(9-12)19-16(21)15-11-22-17(20-15)13-6-4-8-18-10-13/h3,5,7,9,11,13,18H,2,4,6,8,10H2,1H3,(H,19,21). The molecule has 1 amide bonds. The van der Waals surface area contributed by atoms with Gasteiger partial charge in [0.2, 0.25) is 0 Å². The molecule has 1 unspecified atom stereocenters. The minimum Gasteiger partial charge on any atom is -0.448 e. The van der Waals surface area contributed by atoms with Crippen LogP contribution < -0.4 is 10.6 Å². The molecular weight excluding hydrogens is 278 g/mol. The van der Waals surface area contributed by atoms with Crippen molar-refractivity contribution in [3.8, 4) is 0 Å². The van der Waals surface area contributed by atoms with Crippen molar-refractivity contribution in [2.24, 2.45) is 0 Å². The first-order chi connectivity index (χ1) is 10.8. The summed E-state index contributed by atoms with van der Waals surface area (Å²) in [5, 5.41) is 6.20. The number of aryl methyl sites for hydroxylation is 1. The van der Waals surface area contributed by atoms with Gasteiger partial charge in [-0.2, -0.15) is 0 Å². The largest absolute Gasteiger partial charge is 0.448 e. The number of amides is 1.